The zero-order valence-electron chi connectivity index (χ0n) is 9.61. The highest BCUT2D eigenvalue weighted by molar-refractivity contribution is 5.95. The summed E-state index contributed by atoms with van der Waals surface area (Å²) in [4.78, 5) is 11.5. The van der Waals surface area contributed by atoms with Crippen molar-refractivity contribution in [3.63, 3.8) is 0 Å². The number of esters is 1. The molecule has 1 aliphatic heterocycles. The fourth-order valence-corrected chi connectivity index (χ4v) is 1.83. The van der Waals surface area contributed by atoms with Crippen LogP contribution >= 0.6 is 0 Å². The lowest BCUT2D eigenvalue weighted by molar-refractivity contribution is 0.00954. The van der Waals surface area contributed by atoms with Crippen LogP contribution in [0.3, 0.4) is 0 Å². The third-order valence-electron chi connectivity index (χ3n) is 2.66. The minimum absolute atomic E-state index is 0.248. The van der Waals surface area contributed by atoms with E-state index in [2.05, 4.69) is 0 Å². The van der Waals surface area contributed by atoms with Crippen molar-refractivity contribution in [1.29, 1.82) is 0 Å². The van der Waals surface area contributed by atoms with Crippen LogP contribution < -0.4 is 0 Å². The van der Waals surface area contributed by atoms with Gasteiger partial charge < -0.3 is 9.47 Å². The monoisotopic (exact) mass is 218 g/mol. The number of hydrogen-bond acceptors (Lipinski definition) is 3. The van der Waals surface area contributed by atoms with Crippen molar-refractivity contribution in [2.75, 3.05) is 7.11 Å². The van der Waals surface area contributed by atoms with Crippen molar-refractivity contribution in [3.8, 4) is 0 Å². The number of carbonyl (C=O) groups excluding carboxylic acids is 1. The lowest BCUT2D eigenvalue weighted by Crippen LogP contribution is -2.16. The topological polar surface area (TPSA) is 35.5 Å². The summed E-state index contributed by atoms with van der Waals surface area (Å²) in [6, 6.07) is 5.62. The first kappa shape index (κ1) is 10.7. The number of benzene rings is 1. The Morgan fingerprint density at radius 2 is 2.12 bits per heavy atom. The molecular weight excluding hydrogens is 204 g/mol. The van der Waals surface area contributed by atoms with Gasteiger partial charge in [-0.2, -0.15) is 0 Å². The summed E-state index contributed by atoms with van der Waals surface area (Å²) in [6.07, 6.45) is 3.45. The fourth-order valence-electron chi connectivity index (χ4n) is 1.83. The largest absolute Gasteiger partial charge is 0.504 e. The van der Waals surface area contributed by atoms with Crippen LogP contribution in [-0.4, -0.2) is 13.1 Å². The van der Waals surface area contributed by atoms with Gasteiger partial charge in [0.15, 0.2) is 0 Å². The van der Waals surface area contributed by atoms with E-state index in [-0.39, 0.29) is 5.97 Å². The highest BCUT2D eigenvalue weighted by atomic mass is 16.6. The molecule has 84 valence electrons. The van der Waals surface area contributed by atoms with Crippen molar-refractivity contribution < 1.29 is 14.3 Å². The number of carbonyl (C=O) groups is 1. The molecule has 0 saturated carbocycles. The maximum absolute atomic E-state index is 11.5. The molecule has 0 amide bonds. The van der Waals surface area contributed by atoms with Gasteiger partial charge in [-0.25, -0.2) is 4.79 Å². The second kappa shape index (κ2) is 3.67. The first-order valence-electron chi connectivity index (χ1n) is 5.12. The van der Waals surface area contributed by atoms with Crippen LogP contribution in [0.4, 0.5) is 0 Å². The summed E-state index contributed by atoms with van der Waals surface area (Å²) in [7, 11) is 1.60. The molecule has 0 bridgehead atoms. The van der Waals surface area contributed by atoms with E-state index in [1.165, 1.54) is 0 Å². The van der Waals surface area contributed by atoms with Gasteiger partial charge in [0.1, 0.15) is 5.60 Å². The minimum atomic E-state index is -0.538. The normalized spacial score (nSPS) is 17.3. The van der Waals surface area contributed by atoms with Gasteiger partial charge in [0.05, 0.1) is 18.9 Å². The Hall–Kier alpha value is -1.77. The molecule has 16 heavy (non-hydrogen) atoms. The molecule has 1 aromatic rings. The van der Waals surface area contributed by atoms with Crippen molar-refractivity contribution in [2.45, 2.75) is 19.4 Å². The Kier molecular flexibility index (Phi) is 2.46. The molecule has 0 unspecified atom stereocenters. The molecule has 0 saturated heterocycles. The third-order valence-corrected chi connectivity index (χ3v) is 2.66. The van der Waals surface area contributed by atoms with Crippen molar-refractivity contribution in [1.82, 2.24) is 0 Å². The van der Waals surface area contributed by atoms with Crippen LogP contribution in [0.15, 0.2) is 24.5 Å². The van der Waals surface area contributed by atoms with Crippen LogP contribution in [0.2, 0.25) is 0 Å². The van der Waals surface area contributed by atoms with E-state index in [9.17, 15) is 4.79 Å². The quantitative estimate of drug-likeness (QED) is 0.565. The van der Waals surface area contributed by atoms with Crippen LogP contribution in [-0.2, 0) is 15.1 Å². The predicted octanol–water partition coefficient (Wildman–Crippen LogP) is 2.71. The van der Waals surface area contributed by atoms with Crippen LogP contribution in [0.5, 0.6) is 0 Å². The van der Waals surface area contributed by atoms with Gasteiger partial charge in [-0.1, -0.05) is 6.07 Å². The number of hydrogen-bond donors (Lipinski definition) is 0. The highest BCUT2D eigenvalue weighted by Crippen LogP contribution is 2.36. The van der Waals surface area contributed by atoms with E-state index in [0.29, 0.717) is 5.56 Å². The van der Waals surface area contributed by atoms with Crippen LogP contribution in [0, 0.1) is 0 Å². The number of fused-ring (bicyclic) bond motifs is 1. The number of methoxy groups -OCH3 is 1. The van der Waals surface area contributed by atoms with E-state index < -0.39 is 5.60 Å². The van der Waals surface area contributed by atoms with Gasteiger partial charge in [-0.3, -0.25) is 0 Å². The molecule has 0 spiro atoms. The lowest BCUT2D eigenvalue weighted by Gasteiger charge is -2.17. The molecule has 2 rings (SSSR count). The second-order valence-corrected chi connectivity index (χ2v) is 4.24. The summed E-state index contributed by atoms with van der Waals surface area (Å²) < 4.78 is 10.1. The molecule has 3 nitrogen and oxygen atoms in total. The maximum atomic E-state index is 11.5. The first-order chi connectivity index (χ1) is 7.54. The lowest BCUT2D eigenvalue weighted by atomic mass is 9.94. The maximum Gasteiger partial charge on any atom is 0.339 e. The van der Waals surface area contributed by atoms with Crippen molar-refractivity contribution in [2.24, 2.45) is 0 Å². The van der Waals surface area contributed by atoms with E-state index in [4.69, 9.17) is 9.47 Å². The minimum Gasteiger partial charge on any atom is -0.504 e. The van der Waals surface area contributed by atoms with E-state index >= 15 is 0 Å². The molecule has 0 N–H and O–H groups in total. The van der Waals surface area contributed by atoms with Gasteiger partial charge in [-0.15, -0.1) is 0 Å². The Balaban J connectivity index is 2.46. The summed E-state index contributed by atoms with van der Waals surface area (Å²) in [6.45, 7) is 3.78. The predicted molar refractivity (Wildman–Crippen MR) is 60.9 cm³/mol. The zero-order valence-corrected chi connectivity index (χ0v) is 9.61. The van der Waals surface area contributed by atoms with Gasteiger partial charge >= 0.3 is 5.97 Å². The van der Waals surface area contributed by atoms with Crippen LogP contribution in [0.25, 0.3) is 6.08 Å². The molecule has 1 aromatic carbocycles. The number of rotatable bonds is 2. The standard InChI is InChI=1S/C13H14O3/c1-13(2)11-8-9(6-7-15-3)4-5-10(11)12(14)16-13/h4-8H,1-3H3. The zero-order chi connectivity index (χ0) is 11.8. The van der Waals surface area contributed by atoms with Gasteiger partial charge in [0.25, 0.3) is 0 Å². The number of cyclic esters (lactones) is 1. The van der Waals surface area contributed by atoms with E-state index in [1.54, 1.807) is 19.4 Å². The average molecular weight is 218 g/mol. The molecule has 3 heteroatoms. The van der Waals surface area contributed by atoms with Gasteiger partial charge in [0, 0.05) is 5.56 Å². The van der Waals surface area contributed by atoms with Crippen molar-refractivity contribution in [3.05, 3.63) is 41.2 Å². The highest BCUT2D eigenvalue weighted by Gasteiger charge is 2.37. The summed E-state index contributed by atoms with van der Waals surface area (Å²) in [5.41, 5.74) is 2.03. The SMILES string of the molecule is COC=Cc1ccc2c(c1)C(C)(C)OC2=O. The molecule has 0 aromatic heterocycles. The molecule has 1 aliphatic rings. The van der Waals surface area contributed by atoms with Gasteiger partial charge in [-0.05, 0) is 37.6 Å². The third kappa shape index (κ3) is 1.69. The Morgan fingerprint density at radius 3 is 2.81 bits per heavy atom. The van der Waals surface area contributed by atoms with E-state index in [0.717, 1.165) is 11.1 Å². The summed E-state index contributed by atoms with van der Waals surface area (Å²) >= 11 is 0. The van der Waals surface area contributed by atoms with Crippen molar-refractivity contribution >= 4 is 12.0 Å². The van der Waals surface area contributed by atoms with E-state index in [1.807, 2.05) is 32.1 Å². The summed E-state index contributed by atoms with van der Waals surface area (Å²) in [5, 5.41) is 0. The second-order valence-electron chi connectivity index (χ2n) is 4.24. The Labute approximate surface area is 94.7 Å². The summed E-state index contributed by atoms with van der Waals surface area (Å²) in [5.74, 6) is -0.248. The first-order valence-corrected chi connectivity index (χ1v) is 5.12. The Bertz CT molecular complexity index is 458. The molecule has 1 heterocycles. The molecule has 0 radical (unpaired) electrons. The molecule has 0 atom stereocenters. The molecular formula is C13H14O3. The number of ether oxygens (including phenoxy) is 2. The molecule has 0 aliphatic carbocycles. The fraction of sp³-hybridized carbons (Fsp3) is 0.308. The van der Waals surface area contributed by atoms with Crippen LogP contribution in [0.1, 0.15) is 35.3 Å². The molecule has 0 fully saturated rings. The average Bonchev–Trinajstić information content (AvgIpc) is 2.47. The smallest absolute Gasteiger partial charge is 0.339 e. The van der Waals surface area contributed by atoms with Gasteiger partial charge in [0.2, 0.25) is 0 Å². The Morgan fingerprint density at radius 1 is 1.38 bits per heavy atom.